The zero-order valence-corrected chi connectivity index (χ0v) is 14.0. The highest BCUT2D eigenvalue weighted by Crippen LogP contribution is 2.36. The van der Waals surface area contributed by atoms with Crippen molar-refractivity contribution in [1.82, 2.24) is 4.90 Å². The number of carbonyl (C=O) groups is 1. The second-order valence-electron chi connectivity index (χ2n) is 6.50. The topological polar surface area (TPSA) is 29.5 Å². The molecule has 0 radical (unpaired) electrons. The van der Waals surface area contributed by atoms with Gasteiger partial charge in [0.25, 0.3) is 0 Å². The van der Waals surface area contributed by atoms with Crippen molar-refractivity contribution in [3.05, 3.63) is 71.3 Å². The number of amides is 1. The Hall–Kier alpha value is -2.29. The van der Waals surface area contributed by atoms with E-state index in [4.69, 9.17) is 4.74 Å². The number of benzene rings is 2. The SMILES string of the molecule is Cc1cccc([C@@]2(C)CCN([C@@H](C)c3ccccc3)C(=O)O2)c1. The Labute approximate surface area is 137 Å². The number of hydrogen-bond donors (Lipinski definition) is 0. The molecule has 1 aliphatic heterocycles. The van der Waals surface area contributed by atoms with E-state index in [-0.39, 0.29) is 12.1 Å². The summed E-state index contributed by atoms with van der Waals surface area (Å²) in [6.07, 6.45) is 0.552. The van der Waals surface area contributed by atoms with E-state index in [2.05, 4.69) is 19.1 Å². The third kappa shape index (κ3) is 3.09. The molecule has 2 aromatic rings. The molecule has 2 atom stereocenters. The monoisotopic (exact) mass is 309 g/mol. The van der Waals surface area contributed by atoms with E-state index in [1.54, 1.807) is 0 Å². The maximum Gasteiger partial charge on any atom is 0.411 e. The number of aryl methyl sites for hydroxylation is 1. The highest BCUT2D eigenvalue weighted by Gasteiger charge is 2.39. The maximum absolute atomic E-state index is 12.6. The first kappa shape index (κ1) is 15.6. The summed E-state index contributed by atoms with van der Waals surface area (Å²) in [4.78, 5) is 14.4. The molecule has 0 N–H and O–H groups in total. The van der Waals surface area contributed by atoms with E-state index in [0.29, 0.717) is 6.54 Å². The molecule has 2 aromatic carbocycles. The molecule has 1 heterocycles. The van der Waals surface area contributed by atoms with Crippen molar-refractivity contribution in [2.24, 2.45) is 0 Å². The van der Waals surface area contributed by atoms with Crippen LogP contribution in [0.25, 0.3) is 0 Å². The van der Waals surface area contributed by atoms with Gasteiger partial charge in [-0.2, -0.15) is 0 Å². The lowest BCUT2D eigenvalue weighted by Gasteiger charge is -2.41. The molecule has 1 fully saturated rings. The lowest BCUT2D eigenvalue weighted by molar-refractivity contribution is -0.0491. The van der Waals surface area contributed by atoms with Gasteiger partial charge in [0.1, 0.15) is 5.60 Å². The summed E-state index contributed by atoms with van der Waals surface area (Å²) in [5, 5.41) is 0. The first-order valence-corrected chi connectivity index (χ1v) is 8.11. The van der Waals surface area contributed by atoms with Crippen LogP contribution in [0.5, 0.6) is 0 Å². The van der Waals surface area contributed by atoms with Gasteiger partial charge in [0.2, 0.25) is 0 Å². The van der Waals surface area contributed by atoms with E-state index in [9.17, 15) is 4.79 Å². The lowest BCUT2D eigenvalue weighted by Crippen LogP contribution is -2.47. The van der Waals surface area contributed by atoms with Gasteiger partial charge in [-0.15, -0.1) is 0 Å². The Bertz CT molecular complexity index is 698. The Kier molecular flexibility index (Phi) is 4.12. The van der Waals surface area contributed by atoms with Crippen molar-refractivity contribution >= 4 is 6.09 Å². The van der Waals surface area contributed by atoms with E-state index in [1.165, 1.54) is 5.56 Å². The average Bonchev–Trinajstić information content (AvgIpc) is 2.55. The number of nitrogens with zero attached hydrogens (tertiary/aromatic N) is 1. The normalized spacial score (nSPS) is 22.6. The summed E-state index contributed by atoms with van der Waals surface area (Å²) in [7, 11) is 0. The molecule has 1 aliphatic rings. The van der Waals surface area contributed by atoms with Crippen LogP contribution >= 0.6 is 0 Å². The molecule has 0 saturated carbocycles. The highest BCUT2D eigenvalue weighted by molar-refractivity contribution is 5.70. The standard InChI is InChI=1S/C20H23NO2/c1-15-8-7-11-18(14-15)20(3)12-13-21(19(22)23-20)16(2)17-9-5-4-6-10-17/h4-11,14,16H,12-13H2,1-3H3/t16-,20+/m0/s1. The fourth-order valence-electron chi connectivity index (χ4n) is 3.17. The maximum atomic E-state index is 12.6. The average molecular weight is 309 g/mol. The predicted molar refractivity (Wildman–Crippen MR) is 91.2 cm³/mol. The number of carbonyl (C=O) groups excluding carboxylic acids is 1. The van der Waals surface area contributed by atoms with E-state index in [1.807, 2.05) is 61.2 Å². The number of rotatable bonds is 3. The molecule has 23 heavy (non-hydrogen) atoms. The van der Waals surface area contributed by atoms with Crippen molar-refractivity contribution in [3.63, 3.8) is 0 Å². The van der Waals surface area contributed by atoms with Crippen molar-refractivity contribution < 1.29 is 9.53 Å². The van der Waals surface area contributed by atoms with Crippen LogP contribution in [-0.2, 0) is 10.3 Å². The minimum absolute atomic E-state index is 0.0192. The minimum Gasteiger partial charge on any atom is -0.438 e. The molecular formula is C20H23NO2. The molecular weight excluding hydrogens is 286 g/mol. The van der Waals surface area contributed by atoms with Crippen molar-refractivity contribution in [1.29, 1.82) is 0 Å². The Morgan fingerprint density at radius 3 is 2.52 bits per heavy atom. The molecule has 3 nitrogen and oxygen atoms in total. The van der Waals surface area contributed by atoms with E-state index in [0.717, 1.165) is 17.5 Å². The zero-order valence-electron chi connectivity index (χ0n) is 14.0. The molecule has 0 spiro atoms. The third-order valence-electron chi connectivity index (χ3n) is 4.76. The minimum atomic E-state index is -0.546. The summed E-state index contributed by atoms with van der Waals surface area (Å²) < 4.78 is 5.86. The smallest absolute Gasteiger partial charge is 0.411 e. The van der Waals surface area contributed by atoms with Gasteiger partial charge < -0.3 is 9.64 Å². The van der Waals surface area contributed by atoms with Crippen LogP contribution < -0.4 is 0 Å². The van der Waals surface area contributed by atoms with Crippen LogP contribution in [0.2, 0.25) is 0 Å². The molecule has 3 heteroatoms. The molecule has 0 bridgehead atoms. The number of hydrogen-bond acceptors (Lipinski definition) is 2. The Balaban J connectivity index is 1.78. The zero-order chi connectivity index (χ0) is 16.4. The van der Waals surface area contributed by atoms with Gasteiger partial charge in [0.15, 0.2) is 0 Å². The number of ether oxygens (including phenoxy) is 1. The van der Waals surface area contributed by atoms with Gasteiger partial charge in [-0.05, 0) is 31.9 Å². The second-order valence-corrected chi connectivity index (χ2v) is 6.50. The van der Waals surface area contributed by atoms with Crippen molar-refractivity contribution in [2.75, 3.05) is 6.54 Å². The van der Waals surface area contributed by atoms with Gasteiger partial charge in [0, 0.05) is 13.0 Å². The van der Waals surface area contributed by atoms with Gasteiger partial charge in [-0.1, -0.05) is 60.2 Å². The third-order valence-corrected chi connectivity index (χ3v) is 4.76. The van der Waals surface area contributed by atoms with Crippen LogP contribution in [0.1, 0.15) is 43.0 Å². The van der Waals surface area contributed by atoms with Crippen LogP contribution in [0.4, 0.5) is 4.79 Å². The Morgan fingerprint density at radius 1 is 1.13 bits per heavy atom. The summed E-state index contributed by atoms with van der Waals surface area (Å²) in [5.74, 6) is 0. The van der Waals surface area contributed by atoms with Crippen molar-refractivity contribution in [3.8, 4) is 0 Å². The fraction of sp³-hybridized carbons (Fsp3) is 0.350. The molecule has 3 rings (SSSR count). The predicted octanol–water partition coefficient (Wildman–Crippen LogP) is 4.81. The lowest BCUT2D eigenvalue weighted by atomic mass is 9.89. The fourth-order valence-corrected chi connectivity index (χ4v) is 3.17. The van der Waals surface area contributed by atoms with Gasteiger partial charge in [-0.3, -0.25) is 0 Å². The summed E-state index contributed by atoms with van der Waals surface area (Å²) in [6, 6.07) is 18.3. The molecule has 0 unspecified atom stereocenters. The Morgan fingerprint density at radius 2 is 1.87 bits per heavy atom. The summed E-state index contributed by atoms with van der Waals surface area (Å²) in [5.41, 5.74) is 2.83. The first-order valence-electron chi connectivity index (χ1n) is 8.11. The molecule has 120 valence electrons. The molecule has 1 amide bonds. The quantitative estimate of drug-likeness (QED) is 0.814. The van der Waals surface area contributed by atoms with Crippen LogP contribution in [0, 0.1) is 6.92 Å². The molecule has 0 aliphatic carbocycles. The van der Waals surface area contributed by atoms with Crippen molar-refractivity contribution in [2.45, 2.75) is 38.8 Å². The van der Waals surface area contributed by atoms with E-state index >= 15 is 0 Å². The molecule has 0 aromatic heterocycles. The summed E-state index contributed by atoms with van der Waals surface area (Å²) in [6.45, 7) is 6.80. The molecule has 1 saturated heterocycles. The van der Waals surface area contributed by atoms with Gasteiger partial charge in [-0.25, -0.2) is 4.79 Å². The highest BCUT2D eigenvalue weighted by atomic mass is 16.6. The number of cyclic esters (lactones) is 1. The van der Waals surface area contributed by atoms with Crippen LogP contribution in [0.15, 0.2) is 54.6 Å². The van der Waals surface area contributed by atoms with Gasteiger partial charge in [0.05, 0.1) is 6.04 Å². The van der Waals surface area contributed by atoms with E-state index < -0.39 is 5.60 Å². The van der Waals surface area contributed by atoms with Gasteiger partial charge >= 0.3 is 6.09 Å². The second kappa shape index (κ2) is 6.07. The van der Waals surface area contributed by atoms with Crippen LogP contribution in [0.3, 0.4) is 0 Å². The van der Waals surface area contributed by atoms with Crippen LogP contribution in [-0.4, -0.2) is 17.5 Å². The largest absolute Gasteiger partial charge is 0.438 e. The summed E-state index contributed by atoms with van der Waals surface area (Å²) >= 11 is 0. The first-order chi connectivity index (χ1) is 11.0.